The molecule has 0 bridgehead atoms. The summed E-state index contributed by atoms with van der Waals surface area (Å²) in [5, 5.41) is 13.1. The third-order valence-corrected chi connectivity index (χ3v) is 4.66. The van der Waals surface area contributed by atoms with Crippen molar-refractivity contribution in [2.75, 3.05) is 6.61 Å². The van der Waals surface area contributed by atoms with E-state index in [2.05, 4.69) is 25.1 Å². The molecule has 1 atom stereocenters. The standard InChI is InChI=1S/C23H25ClO2/c1-15-13-17-7-5-6-8-19(17)22(16-9-11-18(24)12-10-16)21(15)20(14-25)26-23(2,3)4/h5-13,20,25H,14H2,1-4H3. The van der Waals surface area contributed by atoms with Crippen LogP contribution >= 0.6 is 11.6 Å². The van der Waals surface area contributed by atoms with E-state index >= 15 is 0 Å². The maximum absolute atomic E-state index is 10.1. The Morgan fingerprint density at radius 1 is 1.04 bits per heavy atom. The van der Waals surface area contributed by atoms with Gasteiger partial charge < -0.3 is 9.84 Å². The minimum absolute atomic E-state index is 0.0724. The number of fused-ring (bicyclic) bond motifs is 1. The summed E-state index contributed by atoms with van der Waals surface area (Å²) in [5.74, 6) is 0. The maximum Gasteiger partial charge on any atom is 0.107 e. The van der Waals surface area contributed by atoms with Crippen molar-refractivity contribution in [3.63, 3.8) is 0 Å². The molecule has 3 aromatic rings. The molecule has 2 nitrogen and oxygen atoms in total. The summed E-state index contributed by atoms with van der Waals surface area (Å²) in [6.45, 7) is 8.03. The van der Waals surface area contributed by atoms with Crippen LogP contribution in [0.5, 0.6) is 0 Å². The highest BCUT2D eigenvalue weighted by Crippen LogP contribution is 2.40. The lowest BCUT2D eigenvalue weighted by Gasteiger charge is -2.30. The summed E-state index contributed by atoms with van der Waals surface area (Å²) in [7, 11) is 0. The number of halogens is 1. The molecule has 3 heteroatoms. The molecule has 3 aromatic carbocycles. The average molecular weight is 369 g/mol. The molecule has 0 radical (unpaired) electrons. The largest absolute Gasteiger partial charge is 0.393 e. The topological polar surface area (TPSA) is 29.5 Å². The second kappa shape index (κ2) is 7.40. The predicted molar refractivity (Wildman–Crippen MR) is 110 cm³/mol. The molecule has 0 saturated heterocycles. The number of benzene rings is 3. The molecular formula is C23H25ClO2. The first-order valence-electron chi connectivity index (χ1n) is 8.87. The van der Waals surface area contributed by atoms with Crippen molar-refractivity contribution in [1.29, 1.82) is 0 Å². The monoisotopic (exact) mass is 368 g/mol. The molecule has 1 N–H and O–H groups in total. The van der Waals surface area contributed by atoms with Gasteiger partial charge in [-0.05, 0) is 72.9 Å². The van der Waals surface area contributed by atoms with Crippen LogP contribution in [0, 0.1) is 6.92 Å². The molecule has 0 aromatic heterocycles. The van der Waals surface area contributed by atoms with Crippen molar-refractivity contribution in [3.8, 4) is 11.1 Å². The Kier molecular flexibility index (Phi) is 5.38. The molecule has 0 aliphatic rings. The van der Waals surface area contributed by atoms with Gasteiger partial charge in [0.1, 0.15) is 6.10 Å². The lowest BCUT2D eigenvalue weighted by Crippen LogP contribution is -2.25. The predicted octanol–water partition coefficient (Wildman–Crippen LogP) is 6.32. The molecule has 136 valence electrons. The molecule has 0 aliphatic heterocycles. The smallest absolute Gasteiger partial charge is 0.107 e. The first-order chi connectivity index (χ1) is 12.3. The van der Waals surface area contributed by atoms with Crippen LogP contribution in [0.4, 0.5) is 0 Å². The molecule has 0 saturated carbocycles. The van der Waals surface area contributed by atoms with Crippen LogP contribution in [0.2, 0.25) is 5.02 Å². The van der Waals surface area contributed by atoms with Crippen LogP contribution < -0.4 is 0 Å². The van der Waals surface area contributed by atoms with Crippen molar-refractivity contribution in [3.05, 3.63) is 70.7 Å². The third kappa shape index (κ3) is 3.93. The van der Waals surface area contributed by atoms with Crippen LogP contribution in [-0.2, 0) is 4.74 Å². The second-order valence-electron chi connectivity index (χ2n) is 7.61. The zero-order valence-corrected chi connectivity index (χ0v) is 16.5. The average Bonchev–Trinajstić information content (AvgIpc) is 2.59. The zero-order valence-electron chi connectivity index (χ0n) is 15.7. The zero-order chi connectivity index (χ0) is 18.9. The molecular weight excluding hydrogens is 344 g/mol. The van der Waals surface area contributed by atoms with Crippen molar-refractivity contribution in [2.24, 2.45) is 0 Å². The number of rotatable bonds is 4. The van der Waals surface area contributed by atoms with Gasteiger partial charge in [-0.1, -0.05) is 54.1 Å². The number of aliphatic hydroxyl groups excluding tert-OH is 1. The van der Waals surface area contributed by atoms with Crippen molar-refractivity contribution >= 4 is 22.4 Å². The number of aliphatic hydroxyl groups is 1. The molecule has 0 aliphatic carbocycles. The van der Waals surface area contributed by atoms with Gasteiger partial charge in [0.2, 0.25) is 0 Å². The summed E-state index contributed by atoms with van der Waals surface area (Å²) < 4.78 is 6.21. The van der Waals surface area contributed by atoms with Gasteiger partial charge in [0.15, 0.2) is 0 Å². The molecule has 26 heavy (non-hydrogen) atoms. The highest BCUT2D eigenvalue weighted by Gasteiger charge is 2.25. The molecule has 0 heterocycles. The Morgan fingerprint density at radius 3 is 2.31 bits per heavy atom. The van der Waals surface area contributed by atoms with Crippen LogP contribution in [-0.4, -0.2) is 17.3 Å². The van der Waals surface area contributed by atoms with Crippen LogP contribution in [0.15, 0.2) is 54.6 Å². The van der Waals surface area contributed by atoms with E-state index in [1.807, 2.05) is 57.2 Å². The lowest BCUT2D eigenvalue weighted by molar-refractivity contribution is -0.0821. The summed E-state index contributed by atoms with van der Waals surface area (Å²) >= 11 is 6.10. The molecule has 0 spiro atoms. The van der Waals surface area contributed by atoms with E-state index in [1.165, 1.54) is 5.39 Å². The molecule has 3 rings (SSSR count). The number of ether oxygens (including phenoxy) is 1. The highest BCUT2D eigenvalue weighted by atomic mass is 35.5. The van der Waals surface area contributed by atoms with Crippen LogP contribution in [0.3, 0.4) is 0 Å². The van der Waals surface area contributed by atoms with Gasteiger partial charge in [0.25, 0.3) is 0 Å². The van der Waals surface area contributed by atoms with E-state index in [0.29, 0.717) is 5.02 Å². The highest BCUT2D eigenvalue weighted by molar-refractivity contribution is 6.30. The van der Waals surface area contributed by atoms with E-state index in [-0.39, 0.29) is 12.2 Å². The van der Waals surface area contributed by atoms with Gasteiger partial charge >= 0.3 is 0 Å². The van der Waals surface area contributed by atoms with Crippen molar-refractivity contribution in [2.45, 2.75) is 39.4 Å². The van der Waals surface area contributed by atoms with Crippen LogP contribution in [0.25, 0.3) is 21.9 Å². The Bertz CT molecular complexity index is 908. The summed E-state index contributed by atoms with van der Waals surface area (Å²) in [6.07, 6.45) is -0.398. The Balaban J connectivity index is 2.32. The molecule has 0 amide bonds. The summed E-state index contributed by atoms with van der Waals surface area (Å²) in [6, 6.07) is 18.3. The third-order valence-electron chi connectivity index (χ3n) is 4.41. The summed E-state index contributed by atoms with van der Waals surface area (Å²) in [4.78, 5) is 0. The Hall–Kier alpha value is -1.87. The molecule has 0 fully saturated rings. The van der Waals surface area contributed by atoms with E-state index in [4.69, 9.17) is 16.3 Å². The fraction of sp³-hybridized carbons (Fsp3) is 0.304. The lowest BCUT2D eigenvalue weighted by atomic mass is 9.87. The normalized spacial score (nSPS) is 13.2. The Morgan fingerprint density at radius 2 is 1.69 bits per heavy atom. The van der Waals surface area contributed by atoms with Gasteiger partial charge in [-0.25, -0.2) is 0 Å². The minimum atomic E-state index is -0.398. The second-order valence-corrected chi connectivity index (χ2v) is 8.05. The number of hydrogen-bond acceptors (Lipinski definition) is 2. The minimum Gasteiger partial charge on any atom is -0.393 e. The van der Waals surface area contributed by atoms with E-state index < -0.39 is 6.10 Å². The van der Waals surface area contributed by atoms with Gasteiger partial charge in [0, 0.05) is 5.02 Å². The Labute approximate surface area is 160 Å². The van der Waals surface area contributed by atoms with Crippen LogP contribution in [0.1, 0.15) is 38.0 Å². The van der Waals surface area contributed by atoms with Gasteiger partial charge in [0.05, 0.1) is 12.2 Å². The molecule has 1 unspecified atom stereocenters. The van der Waals surface area contributed by atoms with Gasteiger partial charge in [-0.2, -0.15) is 0 Å². The van der Waals surface area contributed by atoms with Gasteiger partial charge in [-0.15, -0.1) is 0 Å². The van der Waals surface area contributed by atoms with E-state index in [0.717, 1.165) is 27.6 Å². The van der Waals surface area contributed by atoms with Crippen molar-refractivity contribution in [1.82, 2.24) is 0 Å². The van der Waals surface area contributed by atoms with Gasteiger partial charge in [-0.3, -0.25) is 0 Å². The van der Waals surface area contributed by atoms with E-state index in [1.54, 1.807) is 0 Å². The fourth-order valence-corrected chi connectivity index (χ4v) is 3.59. The van der Waals surface area contributed by atoms with E-state index in [9.17, 15) is 5.11 Å². The van der Waals surface area contributed by atoms with Crippen molar-refractivity contribution < 1.29 is 9.84 Å². The SMILES string of the molecule is Cc1cc2ccccc2c(-c2ccc(Cl)cc2)c1C(CO)OC(C)(C)C. The quantitative estimate of drug-likeness (QED) is 0.584. The number of aryl methyl sites for hydroxylation is 1. The maximum atomic E-state index is 10.1. The fourth-order valence-electron chi connectivity index (χ4n) is 3.46. The first-order valence-corrected chi connectivity index (χ1v) is 9.25. The summed E-state index contributed by atoms with van der Waals surface area (Å²) in [5.41, 5.74) is 3.95. The first kappa shape index (κ1) is 18.9. The number of hydrogen-bond donors (Lipinski definition) is 1.